The zero-order valence-corrected chi connectivity index (χ0v) is 11.8. The van der Waals surface area contributed by atoms with Gasteiger partial charge in [-0.15, -0.1) is 0 Å². The summed E-state index contributed by atoms with van der Waals surface area (Å²) in [5.74, 6) is 0.674. The molecule has 1 aromatic carbocycles. The van der Waals surface area contributed by atoms with E-state index in [-0.39, 0.29) is 5.54 Å². The van der Waals surface area contributed by atoms with E-state index in [0.717, 1.165) is 32.5 Å². The third-order valence-electron chi connectivity index (χ3n) is 4.45. The molecule has 0 aromatic heterocycles. The van der Waals surface area contributed by atoms with Crippen molar-refractivity contribution >= 4 is 11.6 Å². The van der Waals surface area contributed by atoms with E-state index in [1.807, 2.05) is 0 Å². The maximum Gasteiger partial charge on any atom is 0.196 e. The first-order chi connectivity index (χ1) is 9.11. The molecule has 0 radical (unpaired) electrons. The van der Waals surface area contributed by atoms with Crippen molar-refractivity contribution in [2.45, 2.75) is 25.3 Å². The van der Waals surface area contributed by atoms with E-state index in [2.05, 4.69) is 53.0 Å². The van der Waals surface area contributed by atoms with Crippen molar-refractivity contribution in [3.63, 3.8) is 0 Å². The van der Waals surface area contributed by atoms with Gasteiger partial charge in [0.2, 0.25) is 0 Å². The molecule has 0 amide bonds. The fraction of sp³-hybridized carbons (Fsp3) is 0.533. The second-order valence-corrected chi connectivity index (χ2v) is 5.87. The highest BCUT2D eigenvalue weighted by Crippen LogP contribution is 2.36. The van der Waals surface area contributed by atoms with E-state index in [4.69, 9.17) is 5.73 Å². The van der Waals surface area contributed by atoms with Crippen LogP contribution in [0.15, 0.2) is 29.3 Å². The first kappa shape index (κ1) is 12.5. The lowest BCUT2D eigenvalue weighted by Gasteiger charge is -2.44. The molecule has 0 aliphatic carbocycles. The van der Waals surface area contributed by atoms with Crippen molar-refractivity contribution in [3.8, 4) is 0 Å². The van der Waals surface area contributed by atoms with Gasteiger partial charge in [0.15, 0.2) is 5.96 Å². The molecular weight excluding hydrogens is 236 g/mol. The average molecular weight is 258 g/mol. The Morgan fingerprint density at radius 1 is 1.16 bits per heavy atom. The second-order valence-electron chi connectivity index (χ2n) is 5.87. The van der Waals surface area contributed by atoms with Gasteiger partial charge in [-0.2, -0.15) is 0 Å². The highest BCUT2D eigenvalue weighted by atomic mass is 15.4. The number of guanidine groups is 1. The van der Waals surface area contributed by atoms with E-state index in [9.17, 15) is 0 Å². The molecule has 1 spiro atoms. The van der Waals surface area contributed by atoms with Gasteiger partial charge in [-0.25, -0.2) is 0 Å². The summed E-state index contributed by atoms with van der Waals surface area (Å²) in [6.07, 6.45) is 2.25. The number of benzene rings is 1. The van der Waals surface area contributed by atoms with Crippen LogP contribution in [0.4, 0.5) is 5.69 Å². The fourth-order valence-electron chi connectivity index (χ4n) is 3.13. The molecule has 4 heteroatoms. The van der Waals surface area contributed by atoms with Crippen LogP contribution in [0.5, 0.6) is 0 Å². The molecule has 102 valence electrons. The van der Waals surface area contributed by atoms with Gasteiger partial charge in [-0.3, -0.25) is 4.99 Å². The standard InChI is InChI=1S/C15H22N4/c1-12-3-5-13(6-4-12)19-14(16)17-11-15(19)7-9-18(2)10-8-15/h3-6H,7-11H2,1-2H3,(H2,16,17). The number of likely N-dealkylation sites (tertiary alicyclic amines) is 1. The van der Waals surface area contributed by atoms with E-state index in [0.29, 0.717) is 5.96 Å². The van der Waals surface area contributed by atoms with Crippen LogP contribution in [0.3, 0.4) is 0 Å². The van der Waals surface area contributed by atoms with E-state index < -0.39 is 0 Å². The molecule has 0 unspecified atom stereocenters. The van der Waals surface area contributed by atoms with Crippen LogP contribution in [0.25, 0.3) is 0 Å². The minimum Gasteiger partial charge on any atom is -0.369 e. The zero-order chi connectivity index (χ0) is 13.5. The van der Waals surface area contributed by atoms with Gasteiger partial charge in [0.05, 0.1) is 12.1 Å². The minimum absolute atomic E-state index is 0.103. The van der Waals surface area contributed by atoms with E-state index >= 15 is 0 Å². The van der Waals surface area contributed by atoms with Gasteiger partial charge in [-0.1, -0.05) is 17.7 Å². The van der Waals surface area contributed by atoms with Crippen LogP contribution < -0.4 is 10.6 Å². The molecule has 3 rings (SSSR count). The normalized spacial score (nSPS) is 22.8. The minimum atomic E-state index is 0.103. The Morgan fingerprint density at radius 3 is 2.42 bits per heavy atom. The number of hydrogen-bond donors (Lipinski definition) is 1. The molecular formula is C15H22N4. The predicted octanol–water partition coefficient (Wildman–Crippen LogP) is 1.59. The molecule has 4 nitrogen and oxygen atoms in total. The third-order valence-corrected chi connectivity index (χ3v) is 4.45. The van der Waals surface area contributed by atoms with Gasteiger partial charge < -0.3 is 15.5 Å². The Morgan fingerprint density at radius 2 is 1.79 bits per heavy atom. The summed E-state index contributed by atoms with van der Waals surface area (Å²) in [6.45, 7) is 5.17. The van der Waals surface area contributed by atoms with Crippen molar-refractivity contribution in [2.24, 2.45) is 10.7 Å². The van der Waals surface area contributed by atoms with Crippen LogP contribution >= 0.6 is 0 Å². The summed E-state index contributed by atoms with van der Waals surface area (Å²) in [6, 6.07) is 8.60. The molecule has 2 aliphatic rings. The first-order valence-corrected chi connectivity index (χ1v) is 6.96. The Balaban J connectivity index is 1.92. The summed E-state index contributed by atoms with van der Waals surface area (Å²) >= 11 is 0. The molecule has 1 saturated heterocycles. The molecule has 1 aromatic rings. The summed E-state index contributed by atoms with van der Waals surface area (Å²) in [7, 11) is 2.18. The Labute approximate surface area is 114 Å². The molecule has 2 aliphatic heterocycles. The molecule has 1 fully saturated rings. The fourth-order valence-corrected chi connectivity index (χ4v) is 3.13. The van der Waals surface area contributed by atoms with Crippen molar-refractivity contribution in [1.29, 1.82) is 0 Å². The highest BCUT2D eigenvalue weighted by Gasteiger charge is 2.44. The SMILES string of the molecule is Cc1ccc(N2C(N)=NCC23CCN(C)CC3)cc1. The van der Waals surface area contributed by atoms with Crippen molar-refractivity contribution in [3.05, 3.63) is 29.8 Å². The summed E-state index contributed by atoms with van der Waals surface area (Å²) in [5, 5.41) is 0. The average Bonchev–Trinajstić information content (AvgIpc) is 2.72. The lowest BCUT2D eigenvalue weighted by atomic mass is 9.86. The number of aliphatic imine (C=N–C) groups is 1. The summed E-state index contributed by atoms with van der Waals surface area (Å²) in [5.41, 5.74) is 8.70. The van der Waals surface area contributed by atoms with Gasteiger partial charge >= 0.3 is 0 Å². The van der Waals surface area contributed by atoms with E-state index in [1.165, 1.54) is 11.3 Å². The lowest BCUT2D eigenvalue weighted by Crippen LogP contribution is -2.57. The number of piperidine rings is 1. The first-order valence-electron chi connectivity index (χ1n) is 6.96. The molecule has 2 heterocycles. The van der Waals surface area contributed by atoms with Crippen molar-refractivity contribution < 1.29 is 0 Å². The van der Waals surface area contributed by atoms with Crippen LogP contribution in [-0.4, -0.2) is 43.1 Å². The predicted molar refractivity (Wildman–Crippen MR) is 79.6 cm³/mol. The van der Waals surface area contributed by atoms with Crippen LogP contribution in [0.2, 0.25) is 0 Å². The third kappa shape index (κ3) is 2.10. The quantitative estimate of drug-likeness (QED) is 0.832. The lowest BCUT2D eigenvalue weighted by molar-refractivity contribution is 0.202. The number of anilines is 1. The smallest absolute Gasteiger partial charge is 0.196 e. The van der Waals surface area contributed by atoms with Crippen molar-refractivity contribution in [1.82, 2.24) is 4.90 Å². The summed E-state index contributed by atoms with van der Waals surface area (Å²) in [4.78, 5) is 9.17. The van der Waals surface area contributed by atoms with Gasteiger partial charge in [0.25, 0.3) is 0 Å². The zero-order valence-electron chi connectivity index (χ0n) is 11.8. The number of hydrogen-bond acceptors (Lipinski definition) is 4. The highest BCUT2D eigenvalue weighted by molar-refractivity contribution is 5.98. The van der Waals surface area contributed by atoms with E-state index in [1.54, 1.807) is 0 Å². The van der Waals surface area contributed by atoms with Crippen LogP contribution in [0, 0.1) is 6.92 Å². The maximum atomic E-state index is 6.15. The van der Waals surface area contributed by atoms with Crippen molar-refractivity contribution in [2.75, 3.05) is 31.6 Å². The molecule has 0 saturated carbocycles. The number of aryl methyl sites for hydroxylation is 1. The van der Waals surface area contributed by atoms with Gasteiger partial charge in [0, 0.05) is 18.8 Å². The Bertz CT molecular complexity index is 483. The van der Waals surface area contributed by atoms with Crippen LogP contribution in [0.1, 0.15) is 18.4 Å². The number of rotatable bonds is 1. The van der Waals surface area contributed by atoms with Crippen LogP contribution in [-0.2, 0) is 0 Å². The second kappa shape index (κ2) is 4.53. The van der Waals surface area contributed by atoms with Gasteiger partial charge in [-0.05, 0) is 38.9 Å². The topological polar surface area (TPSA) is 44.9 Å². The largest absolute Gasteiger partial charge is 0.369 e. The maximum absolute atomic E-state index is 6.15. The molecule has 0 atom stereocenters. The molecule has 19 heavy (non-hydrogen) atoms. The molecule has 2 N–H and O–H groups in total. The number of nitrogens with zero attached hydrogens (tertiary/aromatic N) is 3. The monoisotopic (exact) mass is 258 g/mol. The summed E-state index contributed by atoms with van der Waals surface area (Å²) < 4.78 is 0. The Hall–Kier alpha value is -1.55. The van der Waals surface area contributed by atoms with Gasteiger partial charge in [0.1, 0.15) is 0 Å². The molecule has 0 bridgehead atoms. The Kier molecular flexibility index (Phi) is 2.97. The number of nitrogens with two attached hydrogens (primary N) is 1.